The molecule has 0 N–H and O–H groups in total. The minimum absolute atomic E-state index is 0.0906. The molecule has 0 saturated carbocycles. The van der Waals surface area contributed by atoms with Crippen LogP contribution >= 0.6 is 0 Å². The number of aryl methyl sites for hydroxylation is 1. The third kappa shape index (κ3) is 4.93. The third-order valence-electron chi connectivity index (χ3n) is 7.44. The van der Waals surface area contributed by atoms with Crippen molar-refractivity contribution in [3.8, 4) is 23.0 Å². The number of nitro groups is 1. The van der Waals surface area contributed by atoms with E-state index in [2.05, 4.69) is 18.8 Å². The van der Waals surface area contributed by atoms with Gasteiger partial charge < -0.3 is 9.30 Å². The topological polar surface area (TPSA) is 117 Å². The monoisotopic (exact) mass is 572 g/mol. The van der Waals surface area contributed by atoms with E-state index in [9.17, 15) is 14.9 Å². The Morgan fingerprint density at radius 1 is 1.02 bits per heavy atom. The number of hydrogen-bond acceptors (Lipinski definition) is 7. The van der Waals surface area contributed by atoms with Crippen LogP contribution in [-0.4, -0.2) is 37.5 Å². The largest absolute Gasteiger partial charge is 0.496 e. The van der Waals surface area contributed by atoms with Crippen molar-refractivity contribution < 1.29 is 9.66 Å². The van der Waals surface area contributed by atoms with Crippen molar-refractivity contribution in [1.82, 2.24) is 19.2 Å². The highest BCUT2D eigenvalue weighted by Gasteiger charge is 2.19. The second-order valence-corrected chi connectivity index (χ2v) is 10.5. The molecular weight excluding hydrogens is 544 g/mol. The Labute approximate surface area is 246 Å². The number of nitrogens with zero attached hydrogens (tertiary/aromatic N) is 6. The molecule has 0 fully saturated rings. The summed E-state index contributed by atoms with van der Waals surface area (Å²) < 4.78 is 8.83. The zero-order chi connectivity index (χ0) is 30.2. The lowest BCUT2D eigenvalue weighted by Crippen LogP contribution is -2.20. The molecule has 3 aromatic carbocycles. The van der Waals surface area contributed by atoms with Crippen molar-refractivity contribution in [1.29, 1.82) is 0 Å². The summed E-state index contributed by atoms with van der Waals surface area (Å²) in [6.07, 6.45) is 4.71. The molecule has 0 aliphatic carbocycles. The Kier molecular flexibility index (Phi) is 7.03. The van der Waals surface area contributed by atoms with Gasteiger partial charge in [-0.1, -0.05) is 44.2 Å². The molecule has 0 bridgehead atoms. The van der Waals surface area contributed by atoms with E-state index in [1.807, 2.05) is 66.2 Å². The number of fused-ring (bicyclic) bond motifs is 2. The predicted molar refractivity (Wildman–Crippen MR) is 168 cm³/mol. The fourth-order valence-corrected chi connectivity index (χ4v) is 5.22. The molecule has 0 aliphatic heterocycles. The zero-order valence-corrected chi connectivity index (χ0v) is 24.1. The van der Waals surface area contributed by atoms with E-state index in [0.717, 1.165) is 38.9 Å². The van der Waals surface area contributed by atoms with Crippen LogP contribution in [0.3, 0.4) is 0 Å². The van der Waals surface area contributed by atoms with Crippen LogP contribution in [0.1, 0.15) is 36.5 Å². The summed E-state index contributed by atoms with van der Waals surface area (Å²) in [5.41, 5.74) is 4.44. The molecule has 3 aromatic heterocycles. The first-order valence-corrected chi connectivity index (χ1v) is 13.7. The molecule has 6 aromatic rings. The molecule has 0 saturated heterocycles. The standard InChI is InChI=1S/C33H28N6O4/c1-20(2)26-16-27(21(3)15-30(26)43-4)32-36-28-11-7-5-10-25(28)33(40)38(32)35-17-22-19-37(29-12-8-6-9-24(22)29)31-14-13-23(18-34-31)39(41)42/h5-20H,1-4H3. The minimum atomic E-state index is -0.482. The molecule has 0 unspecified atom stereocenters. The van der Waals surface area contributed by atoms with Gasteiger partial charge in [-0.2, -0.15) is 9.78 Å². The zero-order valence-electron chi connectivity index (χ0n) is 24.1. The molecule has 43 heavy (non-hydrogen) atoms. The van der Waals surface area contributed by atoms with Gasteiger partial charge in [-0.15, -0.1) is 0 Å². The fourth-order valence-electron chi connectivity index (χ4n) is 5.22. The number of ether oxygens (including phenoxy) is 1. The highest BCUT2D eigenvalue weighted by molar-refractivity contribution is 6.00. The molecule has 0 aliphatic rings. The van der Waals surface area contributed by atoms with E-state index in [1.54, 1.807) is 31.5 Å². The normalized spacial score (nSPS) is 11.7. The summed E-state index contributed by atoms with van der Waals surface area (Å²) in [7, 11) is 1.65. The molecule has 0 amide bonds. The maximum absolute atomic E-state index is 13.9. The molecule has 0 atom stereocenters. The van der Waals surface area contributed by atoms with E-state index in [-0.39, 0.29) is 17.2 Å². The van der Waals surface area contributed by atoms with Crippen LogP contribution in [0.25, 0.3) is 39.0 Å². The Bertz CT molecular complexity index is 2110. The van der Waals surface area contributed by atoms with Gasteiger partial charge in [-0.05, 0) is 60.4 Å². The van der Waals surface area contributed by atoms with Gasteiger partial charge in [-0.3, -0.25) is 14.9 Å². The molecular formula is C33H28N6O4. The van der Waals surface area contributed by atoms with Gasteiger partial charge in [0.1, 0.15) is 17.8 Å². The number of benzene rings is 3. The SMILES string of the molecule is COc1cc(C)c(-c2nc3ccccc3c(=O)n2N=Cc2cn(-c3ccc([N+](=O)[O-])cn3)c3ccccc23)cc1C(C)C. The number of pyridine rings is 1. The maximum Gasteiger partial charge on any atom is 0.287 e. The van der Waals surface area contributed by atoms with E-state index < -0.39 is 4.92 Å². The summed E-state index contributed by atoms with van der Waals surface area (Å²) in [6.45, 7) is 6.14. The van der Waals surface area contributed by atoms with Gasteiger partial charge in [0, 0.05) is 28.8 Å². The number of hydrogen-bond donors (Lipinski definition) is 0. The number of rotatable bonds is 7. The van der Waals surface area contributed by atoms with Gasteiger partial charge in [0.05, 0.1) is 34.7 Å². The first kappa shape index (κ1) is 27.5. The van der Waals surface area contributed by atoms with Crippen molar-refractivity contribution in [3.63, 3.8) is 0 Å². The lowest BCUT2D eigenvalue weighted by molar-refractivity contribution is -0.385. The van der Waals surface area contributed by atoms with Crippen LogP contribution in [0, 0.1) is 17.0 Å². The van der Waals surface area contributed by atoms with Gasteiger partial charge >= 0.3 is 0 Å². The lowest BCUT2D eigenvalue weighted by atomic mass is 9.96. The highest BCUT2D eigenvalue weighted by Crippen LogP contribution is 2.34. The quantitative estimate of drug-likeness (QED) is 0.120. The average Bonchev–Trinajstić information content (AvgIpc) is 3.39. The summed E-state index contributed by atoms with van der Waals surface area (Å²) >= 11 is 0. The van der Waals surface area contributed by atoms with Crippen LogP contribution in [0.15, 0.2) is 95.1 Å². The Hall–Kier alpha value is -5.64. The molecule has 0 radical (unpaired) electrons. The molecule has 6 rings (SSSR count). The lowest BCUT2D eigenvalue weighted by Gasteiger charge is -2.17. The van der Waals surface area contributed by atoms with Crippen LogP contribution in [0.5, 0.6) is 5.75 Å². The average molecular weight is 573 g/mol. The number of aromatic nitrogens is 4. The van der Waals surface area contributed by atoms with Crippen LogP contribution in [-0.2, 0) is 0 Å². The van der Waals surface area contributed by atoms with Crippen molar-refractivity contribution in [3.05, 3.63) is 122 Å². The molecule has 10 heteroatoms. The molecule has 3 heterocycles. The molecule has 214 valence electrons. The highest BCUT2D eigenvalue weighted by atomic mass is 16.6. The summed E-state index contributed by atoms with van der Waals surface area (Å²) in [6, 6.07) is 21.9. The first-order valence-electron chi connectivity index (χ1n) is 13.7. The van der Waals surface area contributed by atoms with Crippen molar-refractivity contribution in [2.75, 3.05) is 7.11 Å². The van der Waals surface area contributed by atoms with E-state index in [0.29, 0.717) is 22.5 Å². The Balaban J connectivity index is 1.54. The second kappa shape index (κ2) is 11.0. The third-order valence-corrected chi connectivity index (χ3v) is 7.44. The first-order chi connectivity index (χ1) is 20.8. The Morgan fingerprint density at radius 3 is 2.47 bits per heavy atom. The maximum atomic E-state index is 13.9. The van der Waals surface area contributed by atoms with E-state index in [4.69, 9.17) is 14.8 Å². The van der Waals surface area contributed by atoms with Crippen molar-refractivity contribution >= 4 is 33.7 Å². The fraction of sp³-hybridized carbons (Fsp3) is 0.152. The van der Waals surface area contributed by atoms with E-state index in [1.165, 1.54) is 16.9 Å². The van der Waals surface area contributed by atoms with Crippen LogP contribution in [0.4, 0.5) is 5.69 Å². The number of methoxy groups -OCH3 is 1. The summed E-state index contributed by atoms with van der Waals surface area (Å²) in [4.78, 5) is 33.8. The smallest absolute Gasteiger partial charge is 0.287 e. The van der Waals surface area contributed by atoms with Gasteiger partial charge in [0.2, 0.25) is 0 Å². The van der Waals surface area contributed by atoms with Crippen molar-refractivity contribution in [2.45, 2.75) is 26.7 Å². The minimum Gasteiger partial charge on any atom is -0.496 e. The molecule has 0 spiro atoms. The van der Waals surface area contributed by atoms with E-state index >= 15 is 0 Å². The van der Waals surface area contributed by atoms with Crippen LogP contribution < -0.4 is 10.3 Å². The van der Waals surface area contributed by atoms with Gasteiger partial charge in [-0.25, -0.2) is 9.97 Å². The van der Waals surface area contributed by atoms with Gasteiger partial charge in [0.25, 0.3) is 11.2 Å². The summed E-state index contributed by atoms with van der Waals surface area (Å²) in [5, 5.41) is 17.2. The van der Waals surface area contributed by atoms with Gasteiger partial charge in [0.15, 0.2) is 5.82 Å². The second-order valence-electron chi connectivity index (χ2n) is 10.5. The van der Waals surface area contributed by atoms with Crippen LogP contribution in [0.2, 0.25) is 0 Å². The predicted octanol–water partition coefficient (Wildman–Crippen LogP) is 6.63. The Morgan fingerprint density at radius 2 is 1.77 bits per heavy atom. The number of para-hydroxylation sites is 2. The summed E-state index contributed by atoms with van der Waals surface area (Å²) in [5.74, 6) is 1.89. The molecule has 10 nitrogen and oxygen atoms in total. The van der Waals surface area contributed by atoms with Crippen molar-refractivity contribution in [2.24, 2.45) is 5.10 Å².